The second-order valence-corrected chi connectivity index (χ2v) is 3.16. The highest BCUT2D eigenvalue weighted by Crippen LogP contribution is 2.20. The molecule has 14 heavy (non-hydrogen) atoms. The van der Waals surface area contributed by atoms with E-state index in [1.807, 2.05) is 6.08 Å². The highest BCUT2D eigenvalue weighted by atomic mass is 16.3. The van der Waals surface area contributed by atoms with Crippen LogP contribution in [0.15, 0.2) is 49.6 Å². The Bertz CT molecular complexity index is 239. The summed E-state index contributed by atoms with van der Waals surface area (Å²) >= 11 is 0. The summed E-state index contributed by atoms with van der Waals surface area (Å²) in [6.07, 6.45) is 8.56. The maximum Gasteiger partial charge on any atom is 0.139 e. The number of rotatable bonds is 7. The van der Waals surface area contributed by atoms with E-state index in [2.05, 4.69) is 19.7 Å². The molecule has 1 unspecified atom stereocenters. The molecule has 2 heteroatoms. The normalized spacial score (nSPS) is 15.7. The lowest BCUT2D eigenvalue weighted by molar-refractivity contribution is 0.0864. The monoisotopic (exact) mass is 193 g/mol. The van der Waals surface area contributed by atoms with Crippen LogP contribution in [0.25, 0.3) is 0 Å². The third kappa shape index (κ3) is 4.21. The Morgan fingerprint density at radius 2 is 1.86 bits per heavy atom. The Morgan fingerprint density at radius 1 is 1.21 bits per heavy atom. The minimum absolute atomic E-state index is 0.337. The predicted octanol–water partition coefficient (Wildman–Crippen LogP) is 2.29. The van der Waals surface area contributed by atoms with Crippen molar-refractivity contribution < 1.29 is 5.11 Å². The number of aliphatic hydroxyl groups is 1. The molecule has 2 nitrogen and oxygen atoms in total. The molecular weight excluding hydrogens is 174 g/mol. The molecule has 0 radical (unpaired) electrons. The molecular formula is C12H19NO. The van der Waals surface area contributed by atoms with Crippen molar-refractivity contribution in [3.8, 4) is 0 Å². The lowest BCUT2D eigenvalue weighted by atomic mass is 9.96. The summed E-state index contributed by atoms with van der Waals surface area (Å²) in [7, 11) is 0. The fraction of sp³-hybridized carbons (Fsp3) is 0.333. The van der Waals surface area contributed by atoms with Gasteiger partial charge in [-0.2, -0.15) is 0 Å². The zero-order chi connectivity index (χ0) is 11.0. The number of allylic oxidation sites excluding steroid dienone is 3. The van der Waals surface area contributed by atoms with Crippen LogP contribution in [0, 0.1) is 0 Å². The van der Waals surface area contributed by atoms with Crippen molar-refractivity contribution in [1.29, 1.82) is 0 Å². The van der Waals surface area contributed by atoms with Gasteiger partial charge >= 0.3 is 0 Å². The molecule has 0 bridgehead atoms. The molecule has 0 aliphatic rings. The first-order chi connectivity index (χ1) is 6.58. The topological polar surface area (TPSA) is 46.2 Å². The lowest BCUT2D eigenvalue weighted by Gasteiger charge is -2.24. The molecule has 0 spiro atoms. The minimum Gasteiger partial charge on any atom is -0.372 e. The van der Waals surface area contributed by atoms with Crippen LogP contribution < -0.4 is 5.73 Å². The van der Waals surface area contributed by atoms with Crippen molar-refractivity contribution in [3.05, 3.63) is 49.6 Å². The van der Waals surface area contributed by atoms with Crippen molar-refractivity contribution >= 4 is 0 Å². The van der Waals surface area contributed by atoms with Gasteiger partial charge in [0.2, 0.25) is 0 Å². The summed E-state index contributed by atoms with van der Waals surface area (Å²) in [4.78, 5) is 0. The van der Waals surface area contributed by atoms with E-state index in [1.165, 1.54) is 0 Å². The van der Waals surface area contributed by atoms with Gasteiger partial charge in [-0.05, 0) is 18.4 Å². The molecule has 0 aromatic heterocycles. The molecule has 0 fully saturated rings. The minimum atomic E-state index is -1.31. The Labute approximate surface area is 86.1 Å². The van der Waals surface area contributed by atoms with Crippen LogP contribution in [0.4, 0.5) is 0 Å². The SMILES string of the molecule is C=CCC=C(CC=C)C(N)(O)CC=C. The van der Waals surface area contributed by atoms with Crippen molar-refractivity contribution in [1.82, 2.24) is 0 Å². The highest BCUT2D eigenvalue weighted by molar-refractivity contribution is 5.19. The average molecular weight is 193 g/mol. The van der Waals surface area contributed by atoms with E-state index in [9.17, 15) is 5.11 Å². The summed E-state index contributed by atoms with van der Waals surface area (Å²) in [5.41, 5.74) is 5.18. The molecule has 0 aliphatic heterocycles. The molecule has 0 aromatic carbocycles. The van der Waals surface area contributed by atoms with Gasteiger partial charge in [0.1, 0.15) is 5.72 Å². The van der Waals surface area contributed by atoms with E-state index >= 15 is 0 Å². The predicted molar refractivity (Wildman–Crippen MR) is 61.7 cm³/mol. The smallest absolute Gasteiger partial charge is 0.139 e. The zero-order valence-electron chi connectivity index (χ0n) is 8.58. The molecule has 78 valence electrons. The van der Waals surface area contributed by atoms with E-state index in [0.29, 0.717) is 19.3 Å². The van der Waals surface area contributed by atoms with Crippen LogP contribution in [0.1, 0.15) is 19.3 Å². The van der Waals surface area contributed by atoms with Crippen LogP contribution in [-0.2, 0) is 0 Å². The fourth-order valence-electron chi connectivity index (χ4n) is 1.17. The molecule has 0 saturated carbocycles. The van der Waals surface area contributed by atoms with Gasteiger partial charge in [-0.25, -0.2) is 0 Å². The maximum absolute atomic E-state index is 9.89. The van der Waals surface area contributed by atoms with E-state index in [0.717, 1.165) is 5.57 Å². The first-order valence-electron chi connectivity index (χ1n) is 4.62. The fourth-order valence-corrected chi connectivity index (χ4v) is 1.17. The molecule has 0 saturated heterocycles. The quantitative estimate of drug-likeness (QED) is 0.481. The Balaban J connectivity index is 4.68. The first kappa shape index (κ1) is 12.9. The summed E-state index contributed by atoms with van der Waals surface area (Å²) in [6.45, 7) is 10.8. The van der Waals surface area contributed by atoms with E-state index in [1.54, 1.807) is 18.2 Å². The summed E-state index contributed by atoms with van der Waals surface area (Å²) in [5.74, 6) is 0. The van der Waals surface area contributed by atoms with Crippen molar-refractivity contribution in [2.24, 2.45) is 5.73 Å². The van der Waals surface area contributed by atoms with Crippen LogP contribution in [0.3, 0.4) is 0 Å². The van der Waals surface area contributed by atoms with Gasteiger partial charge in [-0.3, -0.25) is 5.73 Å². The number of nitrogens with two attached hydrogens (primary N) is 1. The summed E-state index contributed by atoms with van der Waals surface area (Å²) < 4.78 is 0. The standard InChI is InChI=1S/C12H19NO/c1-4-7-9-11(8-5-2)12(13,14)10-6-3/h4-6,9,14H,1-3,7-8,10,13H2. The van der Waals surface area contributed by atoms with Crippen LogP contribution in [0.5, 0.6) is 0 Å². The lowest BCUT2D eigenvalue weighted by Crippen LogP contribution is -2.41. The van der Waals surface area contributed by atoms with Gasteiger partial charge in [0.05, 0.1) is 0 Å². The third-order valence-corrected chi connectivity index (χ3v) is 1.91. The molecule has 0 rings (SSSR count). The Hall–Kier alpha value is -1.12. The highest BCUT2D eigenvalue weighted by Gasteiger charge is 2.23. The Kier molecular flexibility index (Phi) is 5.84. The molecule has 3 N–H and O–H groups in total. The first-order valence-corrected chi connectivity index (χ1v) is 4.62. The second kappa shape index (κ2) is 6.35. The largest absolute Gasteiger partial charge is 0.372 e. The summed E-state index contributed by atoms with van der Waals surface area (Å²) in [6, 6.07) is 0. The van der Waals surface area contributed by atoms with Crippen LogP contribution in [-0.4, -0.2) is 10.8 Å². The van der Waals surface area contributed by atoms with E-state index < -0.39 is 5.72 Å². The Morgan fingerprint density at radius 3 is 2.29 bits per heavy atom. The summed E-state index contributed by atoms with van der Waals surface area (Å²) in [5, 5.41) is 9.89. The number of hydrogen-bond acceptors (Lipinski definition) is 2. The molecule has 0 aromatic rings. The zero-order valence-corrected chi connectivity index (χ0v) is 8.58. The average Bonchev–Trinajstić information content (AvgIpc) is 2.11. The van der Waals surface area contributed by atoms with Crippen molar-refractivity contribution in [2.75, 3.05) is 0 Å². The van der Waals surface area contributed by atoms with E-state index in [-0.39, 0.29) is 0 Å². The van der Waals surface area contributed by atoms with Gasteiger partial charge in [-0.15, -0.1) is 19.7 Å². The number of hydrogen-bond donors (Lipinski definition) is 2. The van der Waals surface area contributed by atoms with Crippen LogP contribution >= 0.6 is 0 Å². The van der Waals surface area contributed by atoms with E-state index in [4.69, 9.17) is 5.73 Å². The van der Waals surface area contributed by atoms with Crippen molar-refractivity contribution in [3.63, 3.8) is 0 Å². The van der Waals surface area contributed by atoms with Gasteiger partial charge < -0.3 is 5.11 Å². The van der Waals surface area contributed by atoms with Gasteiger partial charge in [-0.1, -0.05) is 24.3 Å². The van der Waals surface area contributed by atoms with Gasteiger partial charge in [0.15, 0.2) is 0 Å². The van der Waals surface area contributed by atoms with Gasteiger partial charge in [0, 0.05) is 6.42 Å². The molecule has 0 aliphatic carbocycles. The van der Waals surface area contributed by atoms with Gasteiger partial charge in [0.25, 0.3) is 0 Å². The second-order valence-electron chi connectivity index (χ2n) is 3.16. The molecule has 0 amide bonds. The maximum atomic E-state index is 9.89. The van der Waals surface area contributed by atoms with Crippen molar-refractivity contribution in [2.45, 2.75) is 25.0 Å². The van der Waals surface area contributed by atoms with Crippen LogP contribution in [0.2, 0.25) is 0 Å². The molecule has 0 heterocycles. The third-order valence-electron chi connectivity index (χ3n) is 1.91. The molecule has 1 atom stereocenters.